The summed E-state index contributed by atoms with van der Waals surface area (Å²) in [6, 6.07) is 14.0. The van der Waals surface area contributed by atoms with Crippen molar-refractivity contribution in [1.29, 1.82) is 0 Å². The van der Waals surface area contributed by atoms with Crippen LogP contribution in [0.25, 0.3) is 21.5 Å². The lowest BCUT2D eigenvalue weighted by Crippen LogP contribution is -2.18. The Labute approximate surface area is 126 Å². The maximum absolute atomic E-state index is 12.3. The van der Waals surface area contributed by atoms with Gasteiger partial charge in [-0.2, -0.15) is 0 Å². The van der Waals surface area contributed by atoms with Crippen molar-refractivity contribution in [3.8, 4) is 0 Å². The first-order valence-electron chi connectivity index (χ1n) is 6.79. The number of aryl methyl sites for hydroxylation is 1. The standard InChI is InChI=1S/C16H13N5O/c1-10-5-4-6-11(9-10)14(20-21-17)15-16(22)19-13-8-3-2-7-12(13)18-15/h2-9,14H,1H3,(H,19,22). The molecule has 108 valence electrons. The largest absolute Gasteiger partial charge is 0.319 e. The van der Waals surface area contributed by atoms with Gasteiger partial charge in [0.1, 0.15) is 11.7 Å². The maximum atomic E-state index is 12.3. The predicted molar refractivity (Wildman–Crippen MR) is 84.5 cm³/mol. The van der Waals surface area contributed by atoms with E-state index < -0.39 is 6.04 Å². The van der Waals surface area contributed by atoms with E-state index in [1.54, 1.807) is 12.1 Å². The molecule has 0 bridgehead atoms. The van der Waals surface area contributed by atoms with E-state index in [0.29, 0.717) is 11.0 Å². The van der Waals surface area contributed by atoms with Crippen LogP contribution in [0.3, 0.4) is 0 Å². The van der Waals surface area contributed by atoms with Crippen LogP contribution in [-0.4, -0.2) is 9.97 Å². The molecule has 0 spiro atoms. The van der Waals surface area contributed by atoms with Crippen LogP contribution in [0.15, 0.2) is 58.4 Å². The molecule has 0 aliphatic heterocycles. The van der Waals surface area contributed by atoms with Crippen LogP contribution in [0.5, 0.6) is 0 Å². The second-order valence-corrected chi connectivity index (χ2v) is 4.99. The summed E-state index contributed by atoms with van der Waals surface area (Å²) < 4.78 is 0. The number of para-hydroxylation sites is 2. The SMILES string of the molecule is Cc1cccc(C(N=[N+]=[N-])c2nc3ccccc3[nH]c2=O)c1. The summed E-state index contributed by atoms with van der Waals surface area (Å²) in [5.74, 6) is 0. The Balaban J connectivity index is 2.23. The van der Waals surface area contributed by atoms with Gasteiger partial charge in [-0.15, -0.1) is 0 Å². The minimum atomic E-state index is -0.752. The highest BCUT2D eigenvalue weighted by molar-refractivity contribution is 5.73. The number of H-pyrrole nitrogens is 1. The predicted octanol–water partition coefficient (Wildman–Crippen LogP) is 3.63. The topological polar surface area (TPSA) is 94.5 Å². The molecule has 1 atom stereocenters. The van der Waals surface area contributed by atoms with E-state index in [1.165, 1.54) is 0 Å². The molecule has 3 rings (SSSR count). The maximum Gasteiger partial charge on any atom is 0.270 e. The third-order valence-corrected chi connectivity index (χ3v) is 3.41. The van der Waals surface area contributed by atoms with Gasteiger partial charge in [-0.3, -0.25) is 4.79 Å². The lowest BCUT2D eigenvalue weighted by atomic mass is 10.0. The number of azide groups is 1. The first kappa shape index (κ1) is 13.9. The van der Waals surface area contributed by atoms with E-state index in [4.69, 9.17) is 5.53 Å². The highest BCUT2D eigenvalue weighted by atomic mass is 16.1. The van der Waals surface area contributed by atoms with E-state index in [9.17, 15) is 4.79 Å². The van der Waals surface area contributed by atoms with Crippen molar-refractivity contribution in [2.24, 2.45) is 5.11 Å². The average Bonchev–Trinajstić information content (AvgIpc) is 2.52. The number of benzene rings is 2. The molecule has 0 amide bonds. The monoisotopic (exact) mass is 291 g/mol. The third kappa shape index (κ3) is 2.55. The Kier molecular flexibility index (Phi) is 3.60. The highest BCUT2D eigenvalue weighted by Gasteiger charge is 2.18. The molecule has 0 saturated heterocycles. The Hall–Kier alpha value is -3.11. The number of hydrogen-bond donors (Lipinski definition) is 1. The smallest absolute Gasteiger partial charge is 0.270 e. The minimum Gasteiger partial charge on any atom is -0.319 e. The Bertz CT molecular complexity index is 940. The van der Waals surface area contributed by atoms with Crippen LogP contribution in [-0.2, 0) is 0 Å². The number of nitrogens with one attached hydrogen (secondary N) is 1. The minimum absolute atomic E-state index is 0.196. The Morgan fingerprint density at radius 1 is 1.23 bits per heavy atom. The summed E-state index contributed by atoms with van der Waals surface area (Å²) in [5, 5.41) is 3.77. The molecular weight excluding hydrogens is 278 g/mol. The van der Waals surface area contributed by atoms with Crippen LogP contribution in [0.1, 0.15) is 22.9 Å². The molecule has 0 aliphatic carbocycles. The molecule has 0 saturated carbocycles. The van der Waals surface area contributed by atoms with Gasteiger partial charge in [0.15, 0.2) is 0 Å². The summed E-state index contributed by atoms with van der Waals surface area (Å²) in [5.41, 5.74) is 11.8. The molecule has 2 aromatic carbocycles. The van der Waals surface area contributed by atoms with E-state index in [2.05, 4.69) is 20.0 Å². The van der Waals surface area contributed by atoms with E-state index in [1.807, 2.05) is 43.3 Å². The van der Waals surface area contributed by atoms with E-state index in [0.717, 1.165) is 11.1 Å². The van der Waals surface area contributed by atoms with Crippen molar-refractivity contribution in [2.75, 3.05) is 0 Å². The fraction of sp³-hybridized carbons (Fsp3) is 0.125. The number of hydrogen-bond acceptors (Lipinski definition) is 3. The highest BCUT2D eigenvalue weighted by Crippen LogP contribution is 2.24. The van der Waals surface area contributed by atoms with Crippen molar-refractivity contribution in [1.82, 2.24) is 9.97 Å². The second-order valence-electron chi connectivity index (χ2n) is 4.99. The van der Waals surface area contributed by atoms with E-state index in [-0.39, 0.29) is 11.3 Å². The number of nitrogens with zero attached hydrogens (tertiary/aromatic N) is 4. The molecule has 0 fully saturated rings. The molecule has 0 radical (unpaired) electrons. The molecule has 1 aromatic heterocycles. The first-order valence-corrected chi connectivity index (χ1v) is 6.79. The molecule has 3 aromatic rings. The molecule has 6 heteroatoms. The normalized spacial score (nSPS) is 11.9. The van der Waals surface area contributed by atoms with Gasteiger partial charge in [0, 0.05) is 4.91 Å². The van der Waals surface area contributed by atoms with E-state index >= 15 is 0 Å². The van der Waals surface area contributed by atoms with Gasteiger partial charge in [0.25, 0.3) is 5.56 Å². The van der Waals surface area contributed by atoms with Crippen LogP contribution < -0.4 is 5.56 Å². The van der Waals surface area contributed by atoms with Crippen LogP contribution in [0.4, 0.5) is 0 Å². The zero-order valence-electron chi connectivity index (χ0n) is 11.9. The number of fused-ring (bicyclic) bond motifs is 1. The lowest BCUT2D eigenvalue weighted by Gasteiger charge is -2.11. The van der Waals surface area contributed by atoms with Gasteiger partial charge in [0.05, 0.1) is 11.0 Å². The van der Waals surface area contributed by atoms with Gasteiger partial charge in [-0.1, -0.05) is 47.1 Å². The Morgan fingerprint density at radius 2 is 2.05 bits per heavy atom. The van der Waals surface area contributed by atoms with Crippen molar-refractivity contribution < 1.29 is 0 Å². The van der Waals surface area contributed by atoms with Gasteiger partial charge >= 0.3 is 0 Å². The molecule has 1 N–H and O–H groups in total. The molecular formula is C16H13N5O. The average molecular weight is 291 g/mol. The number of aromatic nitrogens is 2. The summed E-state index contributed by atoms with van der Waals surface area (Å²) in [6.07, 6.45) is 0. The fourth-order valence-electron chi connectivity index (χ4n) is 2.40. The summed E-state index contributed by atoms with van der Waals surface area (Å²) >= 11 is 0. The van der Waals surface area contributed by atoms with Gasteiger partial charge in [-0.05, 0) is 30.2 Å². The van der Waals surface area contributed by atoms with Crippen LogP contribution in [0, 0.1) is 6.92 Å². The number of aromatic amines is 1. The first-order chi connectivity index (χ1) is 10.7. The Morgan fingerprint density at radius 3 is 2.82 bits per heavy atom. The van der Waals surface area contributed by atoms with Gasteiger partial charge < -0.3 is 4.98 Å². The molecule has 6 nitrogen and oxygen atoms in total. The van der Waals surface area contributed by atoms with Gasteiger partial charge in [0.2, 0.25) is 0 Å². The van der Waals surface area contributed by atoms with Gasteiger partial charge in [-0.25, -0.2) is 4.98 Å². The van der Waals surface area contributed by atoms with Crippen molar-refractivity contribution in [3.05, 3.63) is 86.1 Å². The van der Waals surface area contributed by atoms with Crippen molar-refractivity contribution >= 4 is 11.0 Å². The molecule has 22 heavy (non-hydrogen) atoms. The van der Waals surface area contributed by atoms with Crippen molar-refractivity contribution in [2.45, 2.75) is 13.0 Å². The zero-order chi connectivity index (χ0) is 15.5. The number of rotatable bonds is 3. The molecule has 1 unspecified atom stereocenters. The quantitative estimate of drug-likeness (QED) is 0.453. The summed E-state index contributed by atoms with van der Waals surface area (Å²) in [4.78, 5) is 22.3. The van der Waals surface area contributed by atoms with Crippen LogP contribution >= 0.6 is 0 Å². The fourth-order valence-corrected chi connectivity index (χ4v) is 2.40. The summed E-state index contributed by atoms with van der Waals surface area (Å²) in [6.45, 7) is 1.94. The van der Waals surface area contributed by atoms with Crippen LogP contribution in [0.2, 0.25) is 0 Å². The zero-order valence-corrected chi connectivity index (χ0v) is 11.9. The summed E-state index contributed by atoms with van der Waals surface area (Å²) in [7, 11) is 0. The molecule has 0 aliphatic rings. The lowest BCUT2D eigenvalue weighted by molar-refractivity contribution is 0.804. The van der Waals surface area contributed by atoms with Crippen molar-refractivity contribution in [3.63, 3.8) is 0 Å². The third-order valence-electron chi connectivity index (χ3n) is 3.41. The molecule has 1 heterocycles. The second kappa shape index (κ2) is 5.71.